The van der Waals surface area contributed by atoms with Crippen molar-refractivity contribution in [1.29, 1.82) is 5.41 Å². The monoisotopic (exact) mass is 490 g/mol. The van der Waals surface area contributed by atoms with Gasteiger partial charge in [0.1, 0.15) is 17.1 Å². The van der Waals surface area contributed by atoms with Crippen LogP contribution in [-0.4, -0.2) is 33.9 Å². The average Bonchev–Trinajstić information content (AvgIpc) is 3.20. The van der Waals surface area contributed by atoms with Crippen LogP contribution in [0.25, 0.3) is 11.0 Å². The molecule has 0 radical (unpaired) electrons. The second kappa shape index (κ2) is 9.46. The number of nitrogens with one attached hydrogen (secondary N) is 2. The van der Waals surface area contributed by atoms with Crippen molar-refractivity contribution in [2.45, 2.75) is 22.6 Å². The van der Waals surface area contributed by atoms with Crippen LogP contribution in [-0.2, 0) is 6.54 Å². The first-order valence-corrected chi connectivity index (χ1v) is 11.1. The van der Waals surface area contributed by atoms with Crippen molar-refractivity contribution in [3.8, 4) is 11.5 Å². The number of aromatic amines is 1. The number of rotatable bonds is 7. The van der Waals surface area contributed by atoms with Gasteiger partial charge in [0.2, 0.25) is 0 Å². The molecule has 0 saturated heterocycles. The number of aliphatic hydroxyl groups is 1. The molecule has 2 heterocycles. The molecular weight excluding hydrogens is 471 g/mol. The van der Waals surface area contributed by atoms with Gasteiger partial charge >= 0.3 is 0 Å². The topological polar surface area (TPSA) is 96.2 Å². The van der Waals surface area contributed by atoms with E-state index in [-0.39, 0.29) is 12.0 Å². The molecule has 4 rings (SSSR count). The van der Waals surface area contributed by atoms with Crippen LogP contribution in [0.4, 0.5) is 0 Å². The highest BCUT2D eigenvalue weighted by atomic mass is 35.5. The first-order chi connectivity index (χ1) is 15.4. The summed E-state index contributed by atoms with van der Waals surface area (Å²) < 4.78 is 12.5. The summed E-state index contributed by atoms with van der Waals surface area (Å²) in [7, 11) is 3.22. The third-order valence-corrected chi connectivity index (χ3v) is 6.46. The summed E-state index contributed by atoms with van der Waals surface area (Å²) in [4.78, 5) is 8.35. The molecule has 0 fully saturated rings. The molecule has 0 aliphatic rings. The third kappa shape index (κ3) is 4.59. The lowest BCUT2D eigenvalue weighted by atomic mass is 10.1. The van der Waals surface area contributed by atoms with Crippen LogP contribution in [0.1, 0.15) is 11.7 Å². The Morgan fingerprint density at radius 2 is 1.97 bits per heavy atom. The number of hydrogen-bond donors (Lipinski definition) is 3. The SMILES string of the molecule is COc1ccc(OC)c(Sc2cc3c(=N)ncn(CC(O)c4ccc(Cl)cc4Cl)c3[nH]2)c1. The Kier molecular flexibility index (Phi) is 6.66. The molecule has 166 valence electrons. The van der Waals surface area contributed by atoms with E-state index in [0.717, 1.165) is 9.92 Å². The number of methoxy groups -OCH3 is 2. The van der Waals surface area contributed by atoms with E-state index in [4.69, 9.17) is 38.1 Å². The zero-order valence-electron chi connectivity index (χ0n) is 17.2. The largest absolute Gasteiger partial charge is 0.497 e. The molecule has 0 spiro atoms. The molecule has 1 unspecified atom stereocenters. The molecule has 3 N–H and O–H groups in total. The Hall–Kier alpha value is -2.65. The normalized spacial score (nSPS) is 12.2. The van der Waals surface area contributed by atoms with E-state index in [1.165, 1.54) is 18.1 Å². The van der Waals surface area contributed by atoms with Gasteiger partial charge in [-0.3, -0.25) is 5.41 Å². The van der Waals surface area contributed by atoms with Crippen molar-refractivity contribution in [3.05, 3.63) is 69.9 Å². The summed E-state index contributed by atoms with van der Waals surface area (Å²) in [5.74, 6) is 1.42. The predicted molar refractivity (Wildman–Crippen MR) is 125 cm³/mol. The number of halogens is 2. The molecule has 1 atom stereocenters. The number of ether oxygens (including phenoxy) is 2. The van der Waals surface area contributed by atoms with E-state index in [1.807, 2.05) is 24.3 Å². The Balaban J connectivity index is 1.68. The number of H-pyrrole nitrogens is 1. The molecule has 0 amide bonds. The molecule has 2 aromatic heterocycles. The molecule has 7 nitrogen and oxygen atoms in total. The highest BCUT2D eigenvalue weighted by Gasteiger charge is 2.16. The van der Waals surface area contributed by atoms with Gasteiger partial charge in [-0.25, -0.2) is 4.98 Å². The van der Waals surface area contributed by atoms with Crippen molar-refractivity contribution in [3.63, 3.8) is 0 Å². The summed E-state index contributed by atoms with van der Waals surface area (Å²) in [6.07, 6.45) is 0.638. The molecule has 0 bridgehead atoms. The van der Waals surface area contributed by atoms with E-state index in [9.17, 15) is 5.11 Å². The van der Waals surface area contributed by atoms with Gasteiger partial charge in [0.05, 0.1) is 48.5 Å². The lowest BCUT2D eigenvalue weighted by molar-refractivity contribution is 0.157. The molecule has 4 aromatic rings. The minimum absolute atomic E-state index is 0.135. The van der Waals surface area contributed by atoms with Crippen LogP contribution in [0.15, 0.2) is 58.7 Å². The third-order valence-electron chi connectivity index (χ3n) is 4.92. The van der Waals surface area contributed by atoms with Gasteiger partial charge in [-0.1, -0.05) is 41.0 Å². The van der Waals surface area contributed by atoms with E-state index < -0.39 is 6.10 Å². The fraction of sp³-hybridized carbons (Fsp3) is 0.182. The van der Waals surface area contributed by atoms with Crippen molar-refractivity contribution in [1.82, 2.24) is 14.5 Å². The fourth-order valence-corrected chi connectivity index (χ4v) is 4.84. The Bertz CT molecular complexity index is 1340. The number of benzene rings is 2. The van der Waals surface area contributed by atoms with Gasteiger partial charge in [-0.2, -0.15) is 0 Å². The quantitative estimate of drug-likeness (QED) is 0.336. The predicted octanol–water partition coefficient (Wildman–Crippen LogP) is 5.05. The van der Waals surface area contributed by atoms with Gasteiger partial charge in [-0.05, 0) is 36.4 Å². The lowest BCUT2D eigenvalue weighted by Gasteiger charge is -2.15. The number of fused-ring (bicyclic) bond motifs is 1. The van der Waals surface area contributed by atoms with E-state index in [2.05, 4.69) is 9.97 Å². The van der Waals surface area contributed by atoms with Crippen molar-refractivity contribution < 1.29 is 14.6 Å². The first-order valence-electron chi connectivity index (χ1n) is 9.55. The second-order valence-electron chi connectivity index (χ2n) is 6.94. The van der Waals surface area contributed by atoms with E-state index in [1.54, 1.807) is 37.0 Å². The van der Waals surface area contributed by atoms with Crippen molar-refractivity contribution in [2.75, 3.05) is 14.2 Å². The summed E-state index contributed by atoms with van der Waals surface area (Å²) in [6.45, 7) is 0.193. The number of aromatic nitrogens is 3. The number of nitrogens with zero attached hydrogens (tertiary/aromatic N) is 2. The molecule has 0 saturated carbocycles. The minimum atomic E-state index is -0.885. The lowest BCUT2D eigenvalue weighted by Crippen LogP contribution is -2.15. The maximum absolute atomic E-state index is 10.8. The maximum atomic E-state index is 10.8. The summed E-state index contributed by atoms with van der Waals surface area (Å²) in [6, 6.07) is 12.4. The summed E-state index contributed by atoms with van der Waals surface area (Å²) >= 11 is 13.7. The molecule has 2 aromatic carbocycles. The first kappa shape index (κ1) is 22.5. The van der Waals surface area contributed by atoms with Crippen LogP contribution in [0, 0.1) is 5.41 Å². The van der Waals surface area contributed by atoms with Gasteiger partial charge in [0, 0.05) is 15.6 Å². The van der Waals surface area contributed by atoms with Crippen LogP contribution in [0.3, 0.4) is 0 Å². The average molecular weight is 491 g/mol. The van der Waals surface area contributed by atoms with Crippen LogP contribution in [0.5, 0.6) is 11.5 Å². The highest BCUT2D eigenvalue weighted by Crippen LogP contribution is 2.38. The highest BCUT2D eigenvalue weighted by molar-refractivity contribution is 7.99. The van der Waals surface area contributed by atoms with Gasteiger partial charge in [0.25, 0.3) is 0 Å². The minimum Gasteiger partial charge on any atom is -0.497 e. The number of aliphatic hydroxyl groups excluding tert-OH is 1. The maximum Gasteiger partial charge on any atom is 0.157 e. The van der Waals surface area contributed by atoms with Crippen molar-refractivity contribution >= 4 is 46.0 Å². The Morgan fingerprint density at radius 3 is 2.69 bits per heavy atom. The smallest absolute Gasteiger partial charge is 0.157 e. The molecule has 32 heavy (non-hydrogen) atoms. The van der Waals surface area contributed by atoms with E-state index >= 15 is 0 Å². The summed E-state index contributed by atoms with van der Waals surface area (Å²) in [5.41, 5.74) is 1.36. The second-order valence-corrected chi connectivity index (χ2v) is 8.87. The fourth-order valence-electron chi connectivity index (χ4n) is 3.31. The zero-order valence-corrected chi connectivity index (χ0v) is 19.6. The van der Waals surface area contributed by atoms with Crippen molar-refractivity contribution in [2.24, 2.45) is 0 Å². The molecule has 10 heteroatoms. The molecule has 0 aliphatic heterocycles. The van der Waals surface area contributed by atoms with Gasteiger partial charge in [0.15, 0.2) is 5.49 Å². The zero-order chi connectivity index (χ0) is 22.8. The van der Waals surface area contributed by atoms with Crippen LogP contribution in [0.2, 0.25) is 10.0 Å². The standard InChI is InChI=1S/C22H20Cl2N4O3S/c1-30-13-4-6-18(31-2)19(8-13)32-20-9-15-21(25)26-11-28(22(15)27-20)10-17(29)14-5-3-12(23)7-16(14)24/h3-9,11,17,25,27,29H,10H2,1-2H3. The van der Waals surface area contributed by atoms with E-state index in [0.29, 0.717) is 38.1 Å². The van der Waals surface area contributed by atoms with Gasteiger partial charge < -0.3 is 24.1 Å². The molecular formula is C22H20Cl2N4O3S. The Labute approximate surface area is 198 Å². The van der Waals surface area contributed by atoms with Crippen LogP contribution >= 0.6 is 35.0 Å². The van der Waals surface area contributed by atoms with Crippen LogP contribution < -0.4 is 15.0 Å². The number of hydrogen-bond acceptors (Lipinski definition) is 6. The molecule has 0 aliphatic carbocycles. The summed E-state index contributed by atoms with van der Waals surface area (Å²) in [5, 5.41) is 21.3. The van der Waals surface area contributed by atoms with Gasteiger partial charge in [-0.15, -0.1) is 0 Å². The Morgan fingerprint density at radius 1 is 1.16 bits per heavy atom.